The summed E-state index contributed by atoms with van der Waals surface area (Å²) in [5.41, 5.74) is 10.5. The first-order valence-corrected chi connectivity index (χ1v) is 12.5. The number of fused-ring (bicyclic) bond motifs is 1. The standard InChI is InChI=1S/C28H34N4O/c29-16-19-1-3-20(4-2-19)17-32-8-7-24-12-25(5-6-26(24)32)31-27(33)30-18-28-13-21-9-22(14-28)11-23(10-21)15-28/h1-8,12,21-23H,9-11,13-18,29H2,(H2,30,31,33). The lowest BCUT2D eigenvalue weighted by Crippen LogP contribution is -2.51. The lowest BCUT2D eigenvalue weighted by Gasteiger charge is -2.56. The fraction of sp³-hybridized carbons (Fsp3) is 0.464. The molecule has 7 rings (SSSR count). The summed E-state index contributed by atoms with van der Waals surface area (Å²) in [5, 5.41) is 7.42. The Bertz CT molecular complexity index is 1130. The summed E-state index contributed by atoms with van der Waals surface area (Å²) in [6, 6.07) is 16.6. The summed E-state index contributed by atoms with van der Waals surface area (Å²) >= 11 is 0. The highest BCUT2D eigenvalue weighted by molar-refractivity contribution is 5.93. The van der Waals surface area contributed by atoms with Gasteiger partial charge in [-0.3, -0.25) is 0 Å². The van der Waals surface area contributed by atoms with Crippen LogP contribution in [0.3, 0.4) is 0 Å². The summed E-state index contributed by atoms with van der Waals surface area (Å²) in [5.74, 6) is 2.73. The van der Waals surface area contributed by atoms with Crippen molar-refractivity contribution in [3.63, 3.8) is 0 Å². The van der Waals surface area contributed by atoms with Gasteiger partial charge in [-0.1, -0.05) is 24.3 Å². The second-order valence-corrected chi connectivity index (χ2v) is 11.0. The maximum Gasteiger partial charge on any atom is 0.319 e. The van der Waals surface area contributed by atoms with Gasteiger partial charge in [-0.25, -0.2) is 4.79 Å². The summed E-state index contributed by atoms with van der Waals surface area (Å²) in [6.07, 6.45) is 10.4. The van der Waals surface area contributed by atoms with Gasteiger partial charge in [0.1, 0.15) is 0 Å². The normalized spacial score (nSPS) is 27.7. The van der Waals surface area contributed by atoms with Gasteiger partial charge >= 0.3 is 6.03 Å². The van der Waals surface area contributed by atoms with Crippen molar-refractivity contribution in [2.24, 2.45) is 28.9 Å². The van der Waals surface area contributed by atoms with Gasteiger partial charge in [0.15, 0.2) is 0 Å². The Morgan fingerprint density at radius 1 is 0.939 bits per heavy atom. The third kappa shape index (κ3) is 4.15. The fourth-order valence-corrected chi connectivity index (χ4v) is 7.34. The number of nitrogens with two attached hydrogens (primary N) is 1. The third-order valence-corrected chi connectivity index (χ3v) is 8.43. The first kappa shape index (κ1) is 20.8. The molecule has 0 atom stereocenters. The van der Waals surface area contributed by atoms with Gasteiger partial charge in [-0.2, -0.15) is 0 Å². The molecule has 4 aliphatic rings. The second-order valence-electron chi connectivity index (χ2n) is 11.0. The number of urea groups is 1. The van der Waals surface area contributed by atoms with E-state index in [0.717, 1.165) is 53.0 Å². The van der Waals surface area contributed by atoms with E-state index in [4.69, 9.17) is 5.73 Å². The molecule has 4 N–H and O–H groups in total. The number of carbonyl (C=O) groups excluding carboxylic acids is 1. The molecular weight excluding hydrogens is 408 g/mol. The molecule has 2 amide bonds. The Balaban J connectivity index is 1.09. The predicted molar refractivity (Wildman–Crippen MR) is 133 cm³/mol. The fourth-order valence-electron chi connectivity index (χ4n) is 7.34. The number of benzene rings is 2. The van der Waals surface area contributed by atoms with Crippen LogP contribution in [0, 0.1) is 23.2 Å². The number of hydrogen-bond donors (Lipinski definition) is 3. The molecule has 0 saturated heterocycles. The zero-order valence-corrected chi connectivity index (χ0v) is 19.2. The maximum absolute atomic E-state index is 12.7. The van der Waals surface area contributed by atoms with Crippen LogP contribution in [0.4, 0.5) is 10.5 Å². The molecule has 0 unspecified atom stereocenters. The molecule has 4 saturated carbocycles. The Morgan fingerprint density at radius 3 is 2.27 bits per heavy atom. The van der Waals surface area contributed by atoms with E-state index in [0.29, 0.717) is 12.0 Å². The highest BCUT2D eigenvalue weighted by Gasteiger charge is 2.50. The van der Waals surface area contributed by atoms with Crippen LogP contribution >= 0.6 is 0 Å². The van der Waals surface area contributed by atoms with Crippen molar-refractivity contribution in [3.05, 3.63) is 65.9 Å². The molecule has 33 heavy (non-hydrogen) atoms. The molecule has 3 aromatic rings. The number of hydrogen-bond acceptors (Lipinski definition) is 2. The molecule has 0 radical (unpaired) electrons. The van der Waals surface area contributed by atoms with Crippen LogP contribution in [-0.4, -0.2) is 17.1 Å². The quantitative estimate of drug-likeness (QED) is 0.473. The molecule has 1 aromatic heterocycles. The Hall–Kier alpha value is -2.79. The summed E-state index contributed by atoms with van der Waals surface area (Å²) < 4.78 is 2.24. The maximum atomic E-state index is 12.7. The van der Waals surface area contributed by atoms with E-state index in [1.54, 1.807) is 0 Å². The predicted octanol–water partition coefficient (Wildman–Crippen LogP) is 5.49. The molecule has 4 bridgehead atoms. The third-order valence-electron chi connectivity index (χ3n) is 8.43. The summed E-state index contributed by atoms with van der Waals surface area (Å²) in [7, 11) is 0. The van der Waals surface area contributed by atoms with Crippen molar-refractivity contribution >= 4 is 22.6 Å². The number of carbonyl (C=O) groups is 1. The smallest absolute Gasteiger partial charge is 0.319 e. The highest BCUT2D eigenvalue weighted by atomic mass is 16.2. The van der Waals surface area contributed by atoms with Gasteiger partial charge in [-0.15, -0.1) is 0 Å². The van der Waals surface area contributed by atoms with Crippen molar-refractivity contribution in [3.8, 4) is 0 Å². The van der Waals surface area contributed by atoms with Crippen LogP contribution in [0.5, 0.6) is 0 Å². The summed E-state index contributed by atoms with van der Waals surface area (Å²) in [4.78, 5) is 12.7. The molecule has 4 fully saturated rings. The van der Waals surface area contributed by atoms with Gasteiger partial charge in [-0.05, 0) is 97.1 Å². The lowest BCUT2D eigenvalue weighted by molar-refractivity contribution is -0.0496. The van der Waals surface area contributed by atoms with Crippen molar-refractivity contribution in [1.82, 2.24) is 9.88 Å². The second kappa shape index (κ2) is 8.21. The van der Waals surface area contributed by atoms with Crippen LogP contribution in [0.15, 0.2) is 54.7 Å². The minimum atomic E-state index is -0.0791. The molecule has 0 spiro atoms. The lowest BCUT2D eigenvalue weighted by atomic mass is 9.49. The summed E-state index contributed by atoms with van der Waals surface area (Å²) in [6.45, 7) is 2.20. The van der Waals surface area contributed by atoms with Gasteiger partial charge < -0.3 is 20.9 Å². The van der Waals surface area contributed by atoms with Crippen molar-refractivity contribution in [1.29, 1.82) is 0 Å². The molecule has 5 nitrogen and oxygen atoms in total. The number of nitrogens with zero attached hydrogens (tertiary/aromatic N) is 1. The van der Waals surface area contributed by atoms with E-state index in [1.807, 2.05) is 6.07 Å². The van der Waals surface area contributed by atoms with Gasteiger partial charge in [0, 0.05) is 42.4 Å². The zero-order valence-electron chi connectivity index (χ0n) is 19.2. The van der Waals surface area contributed by atoms with E-state index in [9.17, 15) is 4.79 Å². The first-order chi connectivity index (χ1) is 16.1. The van der Waals surface area contributed by atoms with E-state index in [1.165, 1.54) is 44.1 Å². The SMILES string of the molecule is NCc1ccc(Cn2ccc3cc(NC(=O)NCC45CC6CC(CC(C6)C4)C5)ccc32)cc1. The van der Waals surface area contributed by atoms with Crippen LogP contribution < -0.4 is 16.4 Å². The average Bonchev–Trinajstić information content (AvgIpc) is 3.19. The van der Waals surface area contributed by atoms with Crippen LogP contribution in [0.2, 0.25) is 0 Å². The topological polar surface area (TPSA) is 72.1 Å². The average molecular weight is 443 g/mol. The number of aromatic nitrogens is 1. The van der Waals surface area contributed by atoms with E-state index >= 15 is 0 Å². The Morgan fingerprint density at radius 2 is 1.61 bits per heavy atom. The molecule has 0 aliphatic heterocycles. The molecule has 4 aliphatic carbocycles. The molecule has 5 heteroatoms. The number of amides is 2. The van der Waals surface area contributed by atoms with Gasteiger partial charge in [0.25, 0.3) is 0 Å². The Kier molecular flexibility index (Phi) is 5.17. The van der Waals surface area contributed by atoms with Crippen LogP contribution in [0.1, 0.15) is 49.7 Å². The minimum absolute atomic E-state index is 0.0791. The van der Waals surface area contributed by atoms with E-state index in [2.05, 4.69) is 63.9 Å². The van der Waals surface area contributed by atoms with Gasteiger partial charge in [0.05, 0.1) is 0 Å². The number of nitrogens with one attached hydrogen (secondary N) is 2. The van der Waals surface area contributed by atoms with E-state index in [-0.39, 0.29) is 6.03 Å². The van der Waals surface area contributed by atoms with E-state index < -0.39 is 0 Å². The van der Waals surface area contributed by atoms with Crippen molar-refractivity contribution < 1.29 is 4.79 Å². The molecular formula is C28H34N4O. The monoisotopic (exact) mass is 442 g/mol. The van der Waals surface area contributed by atoms with Gasteiger partial charge in [0.2, 0.25) is 0 Å². The Labute approximate surface area is 195 Å². The molecule has 172 valence electrons. The largest absolute Gasteiger partial charge is 0.343 e. The number of anilines is 1. The molecule has 2 aromatic carbocycles. The zero-order chi connectivity index (χ0) is 22.4. The molecule has 1 heterocycles. The van der Waals surface area contributed by atoms with Crippen LogP contribution in [0.25, 0.3) is 10.9 Å². The minimum Gasteiger partial charge on any atom is -0.343 e. The van der Waals surface area contributed by atoms with Crippen molar-refractivity contribution in [2.45, 2.75) is 51.6 Å². The number of rotatable bonds is 6. The first-order valence-electron chi connectivity index (χ1n) is 12.5. The van der Waals surface area contributed by atoms with Crippen molar-refractivity contribution in [2.75, 3.05) is 11.9 Å². The highest BCUT2D eigenvalue weighted by Crippen LogP contribution is 2.59. The van der Waals surface area contributed by atoms with Crippen LogP contribution in [-0.2, 0) is 13.1 Å².